The summed E-state index contributed by atoms with van der Waals surface area (Å²) < 4.78 is 1.58. The summed E-state index contributed by atoms with van der Waals surface area (Å²) in [5.41, 5.74) is 1.13. The average Bonchev–Trinajstić information content (AvgIpc) is 3.27. The number of non-ortho nitro benzene ring substituents is 1. The summed E-state index contributed by atoms with van der Waals surface area (Å²) in [7, 11) is 0. The summed E-state index contributed by atoms with van der Waals surface area (Å²) in [6.45, 7) is 3.65. The van der Waals surface area contributed by atoms with E-state index in [1.54, 1.807) is 29.1 Å². The molecule has 1 N–H and O–H groups in total. The number of rotatable bonds is 3. The molecule has 0 spiro atoms. The number of hydrogen-bond donors (Lipinski definition) is 1. The molecule has 2 atom stereocenters. The number of likely N-dealkylation sites (tertiary alicyclic amines) is 1. The third-order valence-corrected chi connectivity index (χ3v) is 5.44. The number of nitrogens with zero attached hydrogens (tertiary/aromatic N) is 4. The summed E-state index contributed by atoms with van der Waals surface area (Å²) in [4.78, 5) is 25.0. The van der Waals surface area contributed by atoms with Gasteiger partial charge in [-0.25, -0.2) is 4.68 Å². The number of fused-ring (bicyclic) bond motifs is 1. The van der Waals surface area contributed by atoms with Crippen molar-refractivity contribution in [2.75, 3.05) is 26.2 Å². The van der Waals surface area contributed by atoms with Gasteiger partial charge in [0.25, 0.3) is 11.6 Å². The van der Waals surface area contributed by atoms with Gasteiger partial charge in [-0.05, 0) is 56.0 Å². The number of amides is 1. The van der Waals surface area contributed by atoms with Gasteiger partial charge in [0.2, 0.25) is 0 Å². The van der Waals surface area contributed by atoms with Crippen molar-refractivity contribution in [2.24, 2.45) is 11.8 Å². The van der Waals surface area contributed by atoms with E-state index >= 15 is 0 Å². The van der Waals surface area contributed by atoms with E-state index in [4.69, 9.17) is 0 Å². The Morgan fingerprint density at radius 1 is 1.11 bits per heavy atom. The Morgan fingerprint density at radius 3 is 2.33 bits per heavy atom. The molecular formula is C18H22ClN5O3. The summed E-state index contributed by atoms with van der Waals surface area (Å²) in [5, 5.41) is 18.6. The van der Waals surface area contributed by atoms with E-state index in [2.05, 4.69) is 10.4 Å². The van der Waals surface area contributed by atoms with Crippen molar-refractivity contribution in [3.8, 4) is 5.69 Å². The molecule has 2 aliphatic heterocycles. The Bertz CT molecular complexity index is 809. The summed E-state index contributed by atoms with van der Waals surface area (Å²) in [6.07, 6.45) is 3.78. The highest BCUT2D eigenvalue weighted by atomic mass is 35.5. The van der Waals surface area contributed by atoms with Crippen molar-refractivity contribution in [1.82, 2.24) is 20.0 Å². The van der Waals surface area contributed by atoms with E-state index in [1.165, 1.54) is 12.1 Å². The molecule has 2 saturated heterocycles. The van der Waals surface area contributed by atoms with Crippen LogP contribution in [0.5, 0.6) is 0 Å². The van der Waals surface area contributed by atoms with Gasteiger partial charge in [0, 0.05) is 31.4 Å². The lowest BCUT2D eigenvalue weighted by Crippen LogP contribution is -2.33. The fraction of sp³-hybridized carbons (Fsp3) is 0.444. The lowest BCUT2D eigenvalue weighted by molar-refractivity contribution is -0.384. The van der Waals surface area contributed by atoms with Gasteiger partial charge >= 0.3 is 0 Å². The Labute approximate surface area is 163 Å². The van der Waals surface area contributed by atoms with Crippen LogP contribution in [-0.4, -0.2) is 51.7 Å². The predicted octanol–water partition coefficient (Wildman–Crippen LogP) is 2.27. The minimum Gasteiger partial charge on any atom is -0.337 e. The largest absolute Gasteiger partial charge is 0.337 e. The van der Waals surface area contributed by atoms with Gasteiger partial charge in [-0.3, -0.25) is 14.9 Å². The van der Waals surface area contributed by atoms with Crippen molar-refractivity contribution < 1.29 is 9.72 Å². The SMILES string of the molecule is Cl.O=C(c1ccn(-c2ccc([N+](=O)[O-])cc2)n1)N1CC[C@@H]2CNC[C@@H]2CC1. The highest BCUT2D eigenvalue weighted by Crippen LogP contribution is 2.27. The average molecular weight is 392 g/mol. The zero-order valence-electron chi connectivity index (χ0n) is 14.8. The minimum absolute atomic E-state index is 0. The molecule has 2 fully saturated rings. The van der Waals surface area contributed by atoms with Crippen LogP contribution in [-0.2, 0) is 0 Å². The van der Waals surface area contributed by atoms with Crippen LogP contribution < -0.4 is 5.32 Å². The van der Waals surface area contributed by atoms with E-state index in [0.29, 0.717) is 23.2 Å². The second kappa shape index (κ2) is 8.06. The van der Waals surface area contributed by atoms with Crippen molar-refractivity contribution in [2.45, 2.75) is 12.8 Å². The molecule has 1 amide bonds. The number of nitro benzene ring substituents is 1. The number of hydrogen-bond acceptors (Lipinski definition) is 5. The number of halogens is 1. The first-order valence-corrected chi connectivity index (χ1v) is 8.92. The zero-order valence-corrected chi connectivity index (χ0v) is 15.6. The van der Waals surface area contributed by atoms with Crippen molar-refractivity contribution in [1.29, 1.82) is 0 Å². The topological polar surface area (TPSA) is 93.3 Å². The number of aromatic nitrogens is 2. The van der Waals surface area contributed by atoms with Gasteiger partial charge in [-0.1, -0.05) is 0 Å². The third-order valence-electron chi connectivity index (χ3n) is 5.44. The first-order valence-electron chi connectivity index (χ1n) is 8.92. The van der Waals surface area contributed by atoms with E-state index in [-0.39, 0.29) is 24.0 Å². The van der Waals surface area contributed by atoms with Crippen LogP contribution in [0, 0.1) is 22.0 Å². The van der Waals surface area contributed by atoms with Crippen LogP contribution >= 0.6 is 12.4 Å². The number of nitro groups is 1. The third kappa shape index (κ3) is 3.96. The number of carbonyl (C=O) groups excluding carboxylic acids is 1. The lowest BCUT2D eigenvalue weighted by Gasteiger charge is -2.19. The Morgan fingerprint density at radius 2 is 1.74 bits per heavy atom. The van der Waals surface area contributed by atoms with Gasteiger partial charge < -0.3 is 10.2 Å². The molecule has 2 aliphatic rings. The second-order valence-corrected chi connectivity index (χ2v) is 6.97. The molecule has 1 aromatic heterocycles. The number of carbonyl (C=O) groups is 1. The first-order chi connectivity index (χ1) is 12.6. The molecule has 9 heteroatoms. The fourth-order valence-corrected chi connectivity index (χ4v) is 3.89. The predicted molar refractivity (Wildman–Crippen MR) is 102 cm³/mol. The molecule has 8 nitrogen and oxygen atoms in total. The lowest BCUT2D eigenvalue weighted by atomic mass is 9.92. The zero-order chi connectivity index (χ0) is 18.1. The highest BCUT2D eigenvalue weighted by Gasteiger charge is 2.32. The molecule has 27 heavy (non-hydrogen) atoms. The van der Waals surface area contributed by atoms with E-state index in [1.807, 2.05) is 4.90 Å². The molecule has 0 aliphatic carbocycles. The van der Waals surface area contributed by atoms with Crippen molar-refractivity contribution >= 4 is 24.0 Å². The monoisotopic (exact) mass is 391 g/mol. The molecule has 0 saturated carbocycles. The molecule has 3 heterocycles. The second-order valence-electron chi connectivity index (χ2n) is 6.97. The smallest absolute Gasteiger partial charge is 0.274 e. The molecule has 4 rings (SSSR count). The molecular weight excluding hydrogens is 370 g/mol. The maximum absolute atomic E-state index is 12.8. The van der Waals surface area contributed by atoms with Crippen LogP contribution in [0.1, 0.15) is 23.3 Å². The summed E-state index contributed by atoms with van der Waals surface area (Å²) in [6, 6.07) is 7.82. The molecule has 2 aromatic rings. The van der Waals surface area contributed by atoms with Gasteiger partial charge in [-0.2, -0.15) is 5.10 Å². The Hall–Kier alpha value is -2.45. The van der Waals surface area contributed by atoms with Crippen LogP contribution in [0.4, 0.5) is 5.69 Å². The van der Waals surface area contributed by atoms with E-state index in [9.17, 15) is 14.9 Å². The van der Waals surface area contributed by atoms with Gasteiger partial charge in [0.05, 0.1) is 10.6 Å². The van der Waals surface area contributed by atoms with E-state index in [0.717, 1.165) is 39.0 Å². The standard InChI is InChI=1S/C18H21N5O3.ClH/c24-18(21-8-5-13-11-19-12-14(13)6-9-21)17-7-10-22(20-17)15-1-3-16(4-2-15)23(25)26;/h1-4,7,10,13-14,19H,5-6,8-9,11-12H2;1H/t13-,14+;. The highest BCUT2D eigenvalue weighted by molar-refractivity contribution is 5.92. The van der Waals surface area contributed by atoms with Crippen molar-refractivity contribution in [3.63, 3.8) is 0 Å². The Balaban J connectivity index is 0.00000210. The van der Waals surface area contributed by atoms with Gasteiger partial charge in [-0.15, -0.1) is 12.4 Å². The Kier molecular flexibility index (Phi) is 5.76. The van der Waals surface area contributed by atoms with Gasteiger partial charge in [0.1, 0.15) is 0 Å². The van der Waals surface area contributed by atoms with E-state index < -0.39 is 4.92 Å². The van der Waals surface area contributed by atoms with Crippen LogP contribution in [0.2, 0.25) is 0 Å². The number of nitrogens with one attached hydrogen (secondary N) is 1. The van der Waals surface area contributed by atoms with Crippen LogP contribution in [0.25, 0.3) is 5.69 Å². The summed E-state index contributed by atoms with van der Waals surface area (Å²) in [5.74, 6) is 1.30. The van der Waals surface area contributed by atoms with Crippen LogP contribution in [0.3, 0.4) is 0 Å². The molecule has 0 radical (unpaired) electrons. The normalized spacial score (nSPS) is 21.9. The molecule has 1 aromatic carbocycles. The van der Waals surface area contributed by atoms with Crippen LogP contribution in [0.15, 0.2) is 36.5 Å². The molecule has 144 valence electrons. The fourth-order valence-electron chi connectivity index (χ4n) is 3.89. The van der Waals surface area contributed by atoms with Crippen molar-refractivity contribution in [3.05, 3.63) is 52.3 Å². The minimum atomic E-state index is -0.438. The molecule has 0 unspecified atom stereocenters. The maximum Gasteiger partial charge on any atom is 0.274 e. The quantitative estimate of drug-likeness (QED) is 0.640. The molecule has 0 bridgehead atoms. The first kappa shape index (κ1) is 19.3. The summed E-state index contributed by atoms with van der Waals surface area (Å²) >= 11 is 0. The van der Waals surface area contributed by atoms with Gasteiger partial charge in [0.15, 0.2) is 5.69 Å². The number of benzene rings is 1. The maximum atomic E-state index is 12.8.